The third-order valence-corrected chi connectivity index (χ3v) is 0.959. The van der Waals surface area contributed by atoms with Gasteiger partial charge in [0.25, 0.3) is 0 Å². The summed E-state index contributed by atoms with van der Waals surface area (Å²) in [5.41, 5.74) is 3.19. The van der Waals surface area contributed by atoms with Gasteiger partial charge in [0.05, 0.1) is 5.70 Å². The number of allylic oxidation sites excluding steroid dienone is 1. The Labute approximate surface area is 51.3 Å². The molecule has 0 aliphatic heterocycles. The van der Waals surface area contributed by atoms with Crippen molar-refractivity contribution < 1.29 is 0 Å². The first-order valence-corrected chi connectivity index (χ1v) is 2.68. The van der Waals surface area contributed by atoms with Crippen molar-refractivity contribution >= 4 is 9.39 Å². The molecule has 0 saturated heterocycles. The van der Waals surface area contributed by atoms with Crippen molar-refractivity contribution in [3.63, 3.8) is 0 Å². The Kier molecular flexibility index (Phi) is 4.32. The third-order valence-electron chi connectivity index (χ3n) is 0.625. The van der Waals surface area contributed by atoms with E-state index in [-0.39, 0.29) is 0 Å². The highest BCUT2D eigenvalue weighted by Crippen LogP contribution is 1.88. The molecule has 0 saturated carbocycles. The van der Waals surface area contributed by atoms with Crippen LogP contribution in [0.4, 0.5) is 0 Å². The summed E-state index contributed by atoms with van der Waals surface area (Å²) in [4.78, 5) is 0. The van der Waals surface area contributed by atoms with Gasteiger partial charge in [-0.3, -0.25) is 5.84 Å². The van der Waals surface area contributed by atoms with Crippen molar-refractivity contribution in [3.8, 4) is 0 Å². The van der Waals surface area contributed by atoms with Gasteiger partial charge < -0.3 is 10.5 Å². The Bertz CT molecular complexity index is 99.5. The molecular weight excluding hydrogens is 121 g/mol. The molecular formula is C4H10N3P. The van der Waals surface area contributed by atoms with Crippen LogP contribution in [0.1, 0.15) is 0 Å². The van der Waals surface area contributed by atoms with Crippen LogP contribution < -0.4 is 16.4 Å². The number of nitrogens with one attached hydrogen (secondary N) is 2. The molecule has 0 spiro atoms. The Balaban J connectivity index is 3.66. The molecule has 0 heterocycles. The predicted molar refractivity (Wildman–Crippen MR) is 38.4 cm³/mol. The number of hydrogen-bond donors (Lipinski definition) is 3. The predicted octanol–water partition coefficient (Wildman–Crippen LogP) is -0.143. The summed E-state index contributed by atoms with van der Waals surface area (Å²) in [6.07, 6.45) is 3.24. The molecule has 1 atom stereocenters. The summed E-state index contributed by atoms with van der Waals surface area (Å²) >= 11 is 0. The van der Waals surface area contributed by atoms with Gasteiger partial charge in [-0.2, -0.15) is 0 Å². The van der Waals surface area contributed by atoms with E-state index in [1.54, 1.807) is 12.3 Å². The summed E-state index contributed by atoms with van der Waals surface area (Å²) < 4.78 is 0. The molecule has 0 aromatic rings. The zero-order valence-electron chi connectivity index (χ0n) is 4.52. The molecule has 1 unspecified atom stereocenters. The average molecular weight is 131 g/mol. The van der Waals surface area contributed by atoms with Crippen LogP contribution in [0.25, 0.3) is 0 Å². The topological polar surface area (TPSA) is 50.1 Å². The Morgan fingerprint density at radius 1 is 1.75 bits per heavy atom. The molecule has 8 heavy (non-hydrogen) atoms. The molecule has 0 radical (unpaired) electrons. The maximum atomic E-state index is 4.96. The molecule has 4 N–H and O–H groups in total. The zero-order chi connectivity index (χ0) is 6.41. The molecule has 0 aromatic carbocycles. The van der Waals surface area contributed by atoms with Gasteiger partial charge in [0, 0.05) is 6.20 Å². The normalized spacial score (nSPS) is 10.5. The molecule has 0 fully saturated rings. The lowest BCUT2D eigenvalue weighted by Gasteiger charge is -1.96. The largest absolute Gasteiger partial charge is 0.368 e. The molecule has 0 amide bonds. The second-order valence-corrected chi connectivity index (χ2v) is 1.40. The van der Waals surface area contributed by atoms with Gasteiger partial charge in [0.1, 0.15) is 0 Å². The lowest BCUT2D eigenvalue weighted by atomic mass is 10.5. The van der Waals surface area contributed by atoms with E-state index in [4.69, 9.17) is 5.84 Å². The summed E-state index contributed by atoms with van der Waals surface area (Å²) in [7, 11) is 2.33. The van der Waals surface area contributed by atoms with E-state index in [1.165, 1.54) is 0 Å². The van der Waals surface area contributed by atoms with Crippen molar-refractivity contribution in [1.29, 1.82) is 0 Å². The smallest absolute Gasteiger partial charge is 0.0536 e. The fourth-order valence-corrected chi connectivity index (χ4v) is 0.450. The summed E-state index contributed by atoms with van der Waals surface area (Å²) in [5, 5.41) is 2.77. The highest BCUT2D eigenvalue weighted by molar-refractivity contribution is 7.14. The molecule has 3 nitrogen and oxygen atoms in total. The first kappa shape index (κ1) is 7.47. The summed E-state index contributed by atoms with van der Waals surface area (Å²) in [6, 6.07) is 0. The second kappa shape index (κ2) is 4.62. The average Bonchev–Trinajstić information content (AvgIpc) is 1.83. The van der Waals surface area contributed by atoms with Crippen molar-refractivity contribution in [2.75, 3.05) is 0 Å². The third kappa shape index (κ3) is 2.61. The van der Waals surface area contributed by atoms with Crippen LogP contribution in [0.3, 0.4) is 0 Å². The zero-order valence-corrected chi connectivity index (χ0v) is 5.67. The SMILES string of the molecule is C=C/C(=C\NN)NP. The Morgan fingerprint density at radius 2 is 2.38 bits per heavy atom. The Hall–Kier alpha value is -0.530. The van der Waals surface area contributed by atoms with Crippen LogP contribution in [0.2, 0.25) is 0 Å². The van der Waals surface area contributed by atoms with Crippen LogP contribution in [-0.4, -0.2) is 0 Å². The highest BCUT2D eigenvalue weighted by atomic mass is 31.0. The van der Waals surface area contributed by atoms with Crippen molar-refractivity contribution in [2.45, 2.75) is 0 Å². The van der Waals surface area contributed by atoms with Crippen molar-refractivity contribution in [2.24, 2.45) is 5.84 Å². The maximum absolute atomic E-state index is 4.96. The minimum atomic E-state index is 0.831. The van der Waals surface area contributed by atoms with Crippen LogP contribution in [0.15, 0.2) is 24.6 Å². The van der Waals surface area contributed by atoms with Gasteiger partial charge in [0.15, 0.2) is 0 Å². The van der Waals surface area contributed by atoms with Gasteiger partial charge in [0.2, 0.25) is 0 Å². The van der Waals surface area contributed by atoms with Gasteiger partial charge in [-0.25, -0.2) is 0 Å². The first-order chi connectivity index (χ1) is 3.85. The molecule has 0 aliphatic rings. The minimum absolute atomic E-state index is 0.831. The lowest BCUT2D eigenvalue weighted by molar-refractivity contribution is 0.948. The lowest BCUT2D eigenvalue weighted by Crippen LogP contribution is -2.15. The van der Waals surface area contributed by atoms with Crippen molar-refractivity contribution in [1.82, 2.24) is 10.5 Å². The van der Waals surface area contributed by atoms with Crippen molar-refractivity contribution in [3.05, 3.63) is 24.6 Å². The number of rotatable bonds is 3. The van der Waals surface area contributed by atoms with E-state index in [1.807, 2.05) is 0 Å². The monoisotopic (exact) mass is 131 g/mol. The fraction of sp³-hybridized carbons (Fsp3) is 0. The molecule has 0 aromatic heterocycles. The van der Waals surface area contributed by atoms with E-state index in [0.29, 0.717) is 0 Å². The summed E-state index contributed by atoms with van der Waals surface area (Å²) in [6.45, 7) is 3.51. The molecule has 46 valence electrons. The van der Waals surface area contributed by atoms with Crippen LogP contribution in [0.5, 0.6) is 0 Å². The number of hydrazine groups is 1. The summed E-state index contributed by atoms with van der Waals surface area (Å²) in [5.74, 6) is 4.96. The fourth-order valence-electron chi connectivity index (χ4n) is 0.249. The van der Waals surface area contributed by atoms with Gasteiger partial charge in [-0.05, 0) is 15.5 Å². The molecule has 0 rings (SSSR count). The van der Waals surface area contributed by atoms with Gasteiger partial charge in [-0.1, -0.05) is 6.58 Å². The van der Waals surface area contributed by atoms with Crippen LogP contribution in [-0.2, 0) is 0 Å². The van der Waals surface area contributed by atoms with E-state index in [0.717, 1.165) is 5.70 Å². The quantitative estimate of drug-likeness (QED) is 0.216. The van der Waals surface area contributed by atoms with E-state index in [2.05, 4.69) is 26.5 Å². The van der Waals surface area contributed by atoms with Crippen LogP contribution >= 0.6 is 9.39 Å². The minimum Gasteiger partial charge on any atom is -0.368 e. The standard InChI is InChI=1S/C4H10N3P/c1-2-4(7-8)3-6-5/h2-3,6-7H,1,5,8H2/b4-3+. The number of nitrogens with two attached hydrogens (primary N) is 1. The number of hydrogen-bond acceptors (Lipinski definition) is 3. The Morgan fingerprint density at radius 3 is 2.50 bits per heavy atom. The van der Waals surface area contributed by atoms with Crippen LogP contribution in [0, 0.1) is 0 Å². The van der Waals surface area contributed by atoms with E-state index >= 15 is 0 Å². The first-order valence-electron chi connectivity index (χ1n) is 2.10. The molecule has 4 heteroatoms. The maximum Gasteiger partial charge on any atom is 0.0536 e. The second-order valence-electron chi connectivity index (χ2n) is 1.11. The van der Waals surface area contributed by atoms with E-state index < -0.39 is 0 Å². The molecule has 0 aliphatic carbocycles. The molecule has 0 bridgehead atoms. The van der Waals surface area contributed by atoms with Gasteiger partial charge in [-0.15, -0.1) is 0 Å². The van der Waals surface area contributed by atoms with E-state index in [9.17, 15) is 0 Å². The highest BCUT2D eigenvalue weighted by Gasteiger charge is 1.78. The van der Waals surface area contributed by atoms with Gasteiger partial charge >= 0.3 is 0 Å².